The highest BCUT2D eigenvalue weighted by Gasteiger charge is 2.35. The molecule has 1 N–H and O–H groups in total. The molecule has 0 aliphatic carbocycles. The third-order valence-corrected chi connectivity index (χ3v) is 7.04. The number of aryl methyl sites for hydroxylation is 1. The Morgan fingerprint density at radius 2 is 2.06 bits per heavy atom. The number of nitrogens with zero attached hydrogens (tertiary/aromatic N) is 3. The molecule has 1 atom stereocenters. The van der Waals surface area contributed by atoms with Gasteiger partial charge in [-0.15, -0.1) is 0 Å². The van der Waals surface area contributed by atoms with Gasteiger partial charge in [-0.2, -0.15) is 0 Å². The third kappa shape index (κ3) is 4.75. The lowest BCUT2D eigenvalue weighted by Crippen LogP contribution is -2.43. The first-order chi connectivity index (χ1) is 15.8. The van der Waals surface area contributed by atoms with Gasteiger partial charge in [0.1, 0.15) is 11.9 Å². The predicted molar refractivity (Wildman–Crippen MR) is 121 cm³/mol. The van der Waals surface area contributed by atoms with E-state index in [1.807, 2.05) is 13.0 Å². The van der Waals surface area contributed by atoms with Gasteiger partial charge in [0, 0.05) is 12.0 Å². The molecule has 3 aromatic rings. The second-order valence-electron chi connectivity index (χ2n) is 7.65. The first-order valence-electron chi connectivity index (χ1n) is 10.3. The van der Waals surface area contributed by atoms with Crippen LogP contribution < -0.4 is 13.8 Å². The van der Waals surface area contributed by atoms with Crippen LogP contribution in [0.3, 0.4) is 0 Å². The summed E-state index contributed by atoms with van der Waals surface area (Å²) in [6, 6.07) is 11.8. The number of carboxylic acids is 1. The van der Waals surface area contributed by atoms with Crippen LogP contribution in [0.5, 0.6) is 11.6 Å². The third-order valence-electron chi connectivity index (χ3n) is 5.27. The van der Waals surface area contributed by atoms with Crippen molar-refractivity contribution >= 4 is 21.7 Å². The van der Waals surface area contributed by atoms with Crippen LogP contribution in [-0.2, 0) is 14.8 Å². The van der Waals surface area contributed by atoms with Crippen molar-refractivity contribution in [2.75, 3.05) is 18.0 Å². The van der Waals surface area contributed by atoms with Crippen molar-refractivity contribution in [2.24, 2.45) is 0 Å². The van der Waals surface area contributed by atoms with E-state index in [0.29, 0.717) is 28.6 Å². The second kappa shape index (κ2) is 9.07. The van der Waals surface area contributed by atoms with Crippen LogP contribution in [0, 0.1) is 6.92 Å². The summed E-state index contributed by atoms with van der Waals surface area (Å²) in [5, 5.41) is 9.07. The number of anilines is 1. The molecule has 0 amide bonds. The zero-order chi connectivity index (χ0) is 23.6. The minimum Gasteiger partial charge on any atom is -0.486 e. The zero-order valence-corrected chi connectivity index (χ0v) is 18.9. The summed E-state index contributed by atoms with van der Waals surface area (Å²) in [4.78, 5) is 19.7. The van der Waals surface area contributed by atoms with Gasteiger partial charge < -0.3 is 14.6 Å². The van der Waals surface area contributed by atoms with Gasteiger partial charge in [0.15, 0.2) is 0 Å². The lowest BCUT2D eigenvalue weighted by atomic mass is 10.1. The van der Waals surface area contributed by atoms with Crippen molar-refractivity contribution in [1.29, 1.82) is 0 Å². The Balaban J connectivity index is 1.80. The van der Waals surface area contributed by atoms with Crippen molar-refractivity contribution in [1.82, 2.24) is 9.97 Å². The van der Waals surface area contributed by atoms with Gasteiger partial charge in [0.25, 0.3) is 10.0 Å². The highest BCUT2D eigenvalue weighted by Crippen LogP contribution is 2.40. The molecule has 33 heavy (non-hydrogen) atoms. The molecule has 172 valence electrons. The molecule has 0 bridgehead atoms. The van der Waals surface area contributed by atoms with Gasteiger partial charge in [-0.1, -0.05) is 12.1 Å². The van der Waals surface area contributed by atoms with Crippen LogP contribution in [0.25, 0.3) is 11.3 Å². The Morgan fingerprint density at radius 3 is 2.79 bits per heavy atom. The Bertz CT molecular complexity index is 1290. The van der Waals surface area contributed by atoms with Gasteiger partial charge in [-0.05, 0) is 49.2 Å². The fourth-order valence-corrected chi connectivity index (χ4v) is 5.23. The maximum absolute atomic E-state index is 13.6. The fraction of sp³-hybridized carbons (Fsp3) is 0.261. The number of aromatic nitrogens is 2. The van der Waals surface area contributed by atoms with Gasteiger partial charge >= 0.3 is 5.97 Å². The molecule has 2 heterocycles. The summed E-state index contributed by atoms with van der Waals surface area (Å²) in [6.07, 6.45) is 2.49. The molecular weight excluding hydrogens is 446 g/mol. The Labute approximate surface area is 191 Å². The maximum atomic E-state index is 13.6. The number of hydrogen-bond acceptors (Lipinski definition) is 7. The molecule has 1 aliphatic rings. The molecule has 10 heteroatoms. The molecule has 0 saturated carbocycles. The smallest absolute Gasteiger partial charge is 0.303 e. The Morgan fingerprint density at radius 1 is 1.24 bits per heavy atom. The number of carbonyl (C=O) groups is 1. The number of aliphatic carboxylic acids is 1. The van der Waals surface area contributed by atoms with Crippen molar-refractivity contribution in [3.8, 4) is 22.9 Å². The number of ether oxygens (including phenoxy) is 2. The largest absolute Gasteiger partial charge is 0.486 e. The van der Waals surface area contributed by atoms with E-state index in [1.54, 1.807) is 42.6 Å². The van der Waals surface area contributed by atoms with Gasteiger partial charge in [0.2, 0.25) is 5.88 Å². The number of sulfonamides is 1. The molecule has 0 radical (unpaired) electrons. The fourth-order valence-electron chi connectivity index (χ4n) is 3.62. The lowest BCUT2D eigenvalue weighted by molar-refractivity contribution is -0.137. The van der Waals surface area contributed by atoms with Crippen molar-refractivity contribution in [3.05, 3.63) is 60.4 Å². The van der Waals surface area contributed by atoms with Gasteiger partial charge in [-0.25, -0.2) is 13.4 Å². The monoisotopic (exact) mass is 469 g/mol. The number of methoxy groups -OCH3 is 1. The topological polar surface area (TPSA) is 119 Å². The first kappa shape index (κ1) is 22.5. The highest BCUT2D eigenvalue weighted by atomic mass is 32.2. The van der Waals surface area contributed by atoms with Crippen LogP contribution in [0.15, 0.2) is 59.8 Å². The molecule has 0 unspecified atom stereocenters. The highest BCUT2D eigenvalue weighted by molar-refractivity contribution is 7.92. The van der Waals surface area contributed by atoms with Gasteiger partial charge in [-0.3, -0.25) is 14.1 Å². The minimum atomic E-state index is -3.94. The van der Waals surface area contributed by atoms with E-state index in [0.717, 1.165) is 5.56 Å². The average molecular weight is 470 g/mol. The number of fused-ring (bicyclic) bond motifs is 1. The van der Waals surface area contributed by atoms with E-state index < -0.39 is 22.1 Å². The molecule has 4 rings (SSSR count). The molecule has 2 aromatic carbocycles. The zero-order valence-electron chi connectivity index (χ0n) is 18.1. The van der Waals surface area contributed by atoms with Crippen molar-refractivity contribution in [3.63, 3.8) is 0 Å². The van der Waals surface area contributed by atoms with Crippen LogP contribution in [0.2, 0.25) is 0 Å². The molecule has 0 fully saturated rings. The van der Waals surface area contributed by atoms with E-state index in [4.69, 9.17) is 14.6 Å². The SMILES string of the molecule is COc1cncc(-c2ccc3c(c2)N(S(=O)(=O)c2cccc(C)c2)C[C@H](CCC(=O)O)O3)n1. The second-order valence-corrected chi connectivity index (χ2v) is 9.52. The normalized spacial score (nSPS) is 15.5. The Hall–Kier alpha value is -3.66. The average Bonchev–Trinajstić information content (AvgIpc) is 2.81. The Kier molecular flexibility index (Phi) is 6.19. The summed E-state index contributed by atoms with van der Waals surface area (Å²) in [5.74, 6) is -0.281. The summed E-state index contributed by atoms with van der Waals surface area (Å²) in [6.45, 7) is 1.81. The van der Waals surface area contributed by atoms with Crippen LogP contribution in [0.1, 0.15) is 18.4 Å². The molecule has 9 nitrogen and oxygen atoms in total. The summed E-state index contributed by atoms with van der Waals surface area (Å²) in [7, 11) is -2.45. The number of hydrogen-bond donors (Lipinski definition) is 1. The molecule has 1 aromatic heterocycles. The summed E-state index contributed by atoms with van der Waals surface area (Å²) >= 11 is 0. The molecule has 0 spiro atoms. The standard InChI is InChI=1S/C23H23N3O6S/c1-15-4-3-5-18(10-15)33(29,30)26-14-17(7-9-23(27)28)32-21-8-6-16(11-20(21)26)19-12-24-13-22(25-19)31-2/h3-6,8,10-13,17H,7,9,14H2,1-2H3,(H,27,28)/t17-/m0/s1. The molecule has 1 aliphatic heterocycles. The van der Waals surface area contributed by atoms with E-state index in [2.05, 4.69) is 9.97 Å². The van der Waals surface area contributed by atoms with Crippen LogP contribution in [0.4, 0.5) is 5.69 Å². The lowest BCUT2D eigenvalue weighted by Gasteiger charge is -2.35. The van der Waals surface area contributed by atoms with E-state index >= 15 is 0 Å². The van der Waals surface area contributed by atoms with Gasteiger partial charge in [0.05, 0.1) is 42.3 Å². The number of carboxylic acid groups (broad SMARTS) is 1. The van der Waals surface area contributed by atoms with E-state index in [-0.39, 0.29) is 24.3 Å². The van der Waals surface area contributed by atoms with E-state index in [1.165, 1.54) is 17.6 Å². The quantitative estimate of drug-likeness (QED) is 0.560. The molecule has 0 saturated heterocycles. The van der Waals surface area contributed by atoms with Crippen LogP contribution in [-0.4, -0.2) is 49.2 Å². The summed E-state index contributed by atoms with van der Waals surface area (Å²) in [5.41, 5.74) is 2.31. The van der Waals surface area contributed by atoms with Crippen molar-refractivity contribution < 1.29 is 27.8 Å². The first-order valence-corrected chi connectivity index (χ1v) is 11.7. The van der Waals surface area contributed by atoms with Crippen LogP contribution >= 0.6 is 0 Å². The summed E-state index contributed by atoms with van der Waals surface area (Å²) < 4.78 is 39.7. The van der Waals surface area contributed by atoms with E-state index in [9.17, 15) is 13.2 Å². The number of rotatable bonds is 7. The predicted octanol–water partition coefficient (Wildman–Crippen LogP) is 3.28. The minimum absolute atomic E-state index is 0.0101. The maximum Gasteiger partial charge on any atom is 0.303 e. The number of benzene rings is 2. The molecular formula is C23H23N3O6S. The van der Waals surface area contributed by atoms with Crippen molar-refractivity contribution in [2.45, 2.75) is 30.8 Å².